The van der Waals surface area contributed by atoms with Crippen LogP contribution in [0.4, 0.5) is 18.9 Å². The molecule has 0 fully saturated rings. The Morgan fingerprint density at radius 1 is 1.00 bits per heavy atom. The molecule has 0 spiro atoms. The second-order valence-corrected chi connectivity index (χ2v) is 6.75. The minimum absolute atomic E-state index is 0.0185. The van der Waals surface area contributed by atoms with E-state index >= 15 is 0 Å². The van der Waals surface area contributed by atoms with Crippen LogP contribution in [-0.4, -0.2) is 5.91 Å². The molecule has 0 bridgehead atoms. The maximum Gasteiger partial charge on any atom is 0.225 e. The van der Waals surface area contributed by atoms with Crippen LogP contribution in [0.3, 0.4) is 0 Å². The van der Waals surface area contributed by atoms with Gasteiger partial charge in [0.2, 0.25) is 5.91 Å². The molecule has 4 rings (SSSR count). The third kappa shape index (κ3) is 2.72. The Bertz CT molecular complexity index is 983. The predicted molar refractivity (Wildman–Crippen MR) is 91.2 cm³/mol. The van der Waals surface area contributed by atoms with E-state index in [2.05, 4.69) is 5.32 Å². The van der Waals surface area contributed by atoms with E-state index in [0.29, 0.717) is 21.7 Å². The summed E-state index contributed by atoms with van der Waals surface area (Å²) in [6, 6.07) is 9.47. The van der Waals surface area contributed by atoms with Gasteiger partial charge in [0, 0.05) is 33.7 Å². The van der Waals surface area contributed by atoms with E-state index in [1.807, 2.05) is 0 Å². The normalized spacial score (nSPS) is 16.4. The zero-order chi connectivity index (χ0) is 17.6. The molecule has 0 radical (unpaired) electrons. The molecule has 6 heteroatoms. The van der Waals surface area contributed by atoms with Crippen molar-refractivity contribution in [2.45, 2.75) is 12.3 Å². The van der Waals surface area contributed by atoms with Gasteiger partial charge in [0.15, 0.2) is 0 Å². The number of fused-ring (bicyclic) bond motifs is 1. The topological polar surface area (TPSA) is 29.1 Å². The maximum atomic E-state index is 14.2. The molecule has 3 aromatic rings. The quantitative estimate of drug-likeness (QED) is 0.660. The van der Waals surface area contributed by atoms with Gasteiger partial charge in [0.05, 0.1) is 5.69 Å². The lowest BCUT2D eigenvalue weighted by Gasteiger charge is -2.24. The molecule has 2 heterocycles. The summed E-state index contributed by atoms with van der Waals surface area (Å²) in [6.45, 7) is 0. The van der Waals surface area contributed by atoms with Gasteiger partial charge in [-0.05, 0) is 29.8 Å². The van der Waals surface area contributed by atoms with Crippen molar-refractivity contribution in [3.05, 3.63) is 75.7 Å². The summed E-state index contributed by atoms with van der Waals surface area (Å²) in [5, 5.41) is 4.49. The molecule has 0 aliphatic carbocycles. The highest BCUT2D eigenvalue weighted by Gasteiger charge is 2.32. The average molecular weight is 359 g/mol. The summed E-state index contributed by atoms with van der Waals surface area (Å²) in [5.41, 5.74) is 1.52. The monoisotopic (exact) mass is 359 g/mol. The number of hydrogen-bond donors (Lipinski definition) is 1. The Hall–Kier alpha value is -2.60. The molecule has 1 aliphatic heterocycles. The van der Waals surface area contributed by atoms with Crippen LogP contribution in [0.1, 0.15) is 22.8 Å². The van der Waals surface area contributed by atoms with E-state index in [4.69, 9.17) is 0 Å². The fourth-order valence-electron chi connectivity index (χ4n) is 3.14. The van der Waals surface area contributed by atoms with Gasteiger partial charge in [-0.15, -0.1) is 11.3 Å². The minimum Gasteiger partial charge on any atom is -0.325 e. The van der Waals surface area contributed by atoms with Crippen LogP contribution in [0.15, 0.2) is 47.8 Å². The molecule has 0 unspecified atom stereocenters. The number of nitrogens with one attached hydrogen (secondary N) is 1. The van der Waals surface area contributed by atoms with Crippen molar-refractivity contribution >= 4 is 22.9 Å². The van der Waals surface area contributed by atoms with E-state index < -0.39 is 23.4 Å². The number of rotatable bonds is 2. The third-order valence-electron chi connectivity index (χ3n) is 4.29. The minimum atomic E-state index is -0.593. The summed E-state index contributed by atoms with van der Waals surface area (Å²) < 4.78 is 41.9. The molecule has 0 saturated heterocycles. The van der Waals surface area contributed by atoms with Gasteiger partial charge < -0.3 is 5.32 Å². The first-order valence-corrected chi connectivity index (χ1v) is 8.53. The molecular formula is C19H12F3NOS. The summed E-state index contributed by atoms with van der Waals surface area (Å²) in [6.07, 6.45) is 0.0185. The highest BCUT2D eigenvalue weighted by molar-refractivity contribution is 7.11. The fourth-order valence-corrected chi connectivity index (χ4v) is 4.28. The summed E-state index contributed by atoms with van der Waals surface area (Å²) >= 11 is 1.30. The van der Waals surface area contributed by atoms with Crippen LogP contribution < -0.4 is 5.32 Å². The van der Waals surface area contributed by atoms with E-state index in [1.54, 1.807) is 23.6 Å². The number of anilines is 1. The first kappa shape index (κ1) is 15.9. The predicted octanol–water partition coefficient (Wildman–Crippen LogP) is 5.31. The van der Waals surface area contributed by atoms with Gasteiger partial charge in [-0.1, -0.05) is 18.2 Å². The molecule has 2 aromatic carbocycles. The van der Waals surface area contributed by atoms with Crippen LogP contribution in [0.5, 0.6) is 0 Å². The van der Waals surface area contributed by atoms with Crippen molar-refractivity contribution < 1.29 is 18.0 Å². The van der Waals surface area contributed by atoms with Crippen LogP contribution >= 0.6 is 11.3 Å². The van der Waals surface area contributed by atoms with Crippen molar-refractivity contribution in [3.8, 4) is 11.1 Å². The maximum absolute atomic E-state index is 14.2. The van der Waals surface area contributed by atoms with E-state index in [0.717, 1.165) is 18.2 Å². The molecule has 0 saturated carbocycles. The number of carbonyl (C=O) groups excluding carboxylic acids is 1. The van der Waals surface area contributed by atoms with E-state index in [1.165, 1.54) is 17.4 Å². The highest BCUT2D eigenvalue weighted by atomic mass is 32.1. The van der Waals surface area contributed by atoms with Crippen molar-refractivity contribution in [1.29, 1.82) is 0 Å². The zero-order valence-electron chi connectivity index (χ0n) is 12.9. The Morgan fingerprint density at radius 3 is 2.60 bits per heavy atom. The Balaban J connectivity index is 1.87. The number of amides is 1. The van der Waals surface area contributed by atoms with Crippen molar-refractivity contribution in [2.75, 3.05) is 5.32 Å². The van der Waals surface area contributed by atoms with Gasteiger partial charge in [-0.2, -0.15) is 0 Å². The zero-order valence-corrected chi connectivity index (χ0v) is 13.7. The lowest BCUT2D eigenvalue weighted by Crippen LogP contribution is -2.23. The van der Waals surface area contributed by atoms with Crippen molar-refractivity contribution in [3.63, 3.8) is 0 Å². The van der Waals surface area contributed by atoms with Crippen molar-refractivity contribution in [2.24, 2.45) is 0 Å². The molecule has 1 N–H and O–H groups in total. The summed E-state index contributed by atoms with van der Waals surface area (Å²) in [7, 11) is 0. The number of benzene rings is 2. The molecule has 126 valence electrons. The number of carbonyl (C=O) groups is 1. The van der Waals surface area contributed by atoms with Crippen LogP contribution in [0, 0.1) is 17.5 Å². The SMILES string of the molecule is O=C1C[C@@H](c2cc(F)ccc2F)c2scc(-c3ccccc3F)c2N1. The largest absolute Gasteiger partial charge is 0.325 e. The first-order chi connectivity index (χ1) is 12.0. The second-order valence-electron chi connectivity index (χ2n) is 5.84. The molecule has 1 atom stereocenters. The summed E-state index contributed by atoms with van der Waals surface area (Å²) in [5.74, 6) is -2.43. The molecule has 1 aromatic heterocycles. The van der Waals surface area contributed by atoms with Crippen molar-refractivity contribution in [1.82, 2.24) is 0 Å². The van der Waals surface area contributed by atoms with Gasteiger partial charge in [-0.3, -0.25) is 4.79 Å². The van der Waals surface area contributed by atoms with Gasteiger partial charge >= 0.3 is 0 Å². The lowest BCUT2D eigenvalue weighted by atomic mass is 9.88. The number of thiophene rings is 1. The highest BCUT2D eigenvalue weighted by Crippen LogP contribution is 2.47. The fraction of sp³-hybridized carbons (Fsp3) is 0.105. The van der Waals surface area contributed by atoms with Gasteiger partial charge in [0.1, 0.15) is 17.5 Å². The summed E-state index contributed by atoms with van der Waals surface area (Å²) in [4.78, 5) is 12.9. The Kier molecular flexibility index (Phi) is 3.84. The molecule has 1 amide bonds. The lowest BCUT2D eigenvalue weighted by molar-refractivity contribution is -0.116. The Labute approximate surface area is 145 Å². The second kappa shape index (κ2) is 6.04. The van der Waals surface area contributed by atoms with Crippen LogP contribution in [0.2, 0.25) is 0 Å². The smallest absolute Gasteiger partial charge is 0.225 e. The van der Waals surface area contributed by atoms with E-state index in [9.17, 15) is 18.0 Å². The van der Waals surface area contributed by atoms with Gasteiger partial charge in [-0.25, -0.2) is 13.2 Å². The van der Waals surface area contributed by atoms with E-state index in [-0.39, 0.29) is 17.9 Å². The first-order valence-electron chi connectivity index (χ1n) is 7.65. The van der Waals surface area contributed by atoms with Gasteiger partial charge in [0.25, 0.3) is 0 Å². The number of hydrogen-bond acceptors (Lipinski definition) is 2. The van der Waals surface area contributed by atoms with Crippen LogP contribution in [0.25, 0.3) is 11.1 Å². The molecule has 1 aliphatic rings. The third-order valence-corrected chi connectivity index (χ3v) is 5.38. The molecule has 25 heavy (non-hydrogen) atoms. The molecular weight excluding hydrogens is 347 g/mol. The van der Waals surface area contributed by atoms with Crippen LogP contribution in [-0.2, 0) is 4.79 Å². The average Bonchev–Trinajstić information content (AvgIpc) is 3.00. The molecule has 2 nitrogen and oxygen atoms in total. The number of halogens is 3. The Morgan fingerprint density at radius 2 is 1.80 bits per heavy atom. The standard InChI is InChI=1S/C19H12F3NOS/c20-10-5-6-16(22)12(7-10)13-8-17(24)23-18-14(9-25-19(13)18)11-3-1-2-4-15(11)21/h1-7,9,13H,8H2,(H,23,24)/t13-/m0/s1.